The highest BCUT2D eigenvalue weighted by atomic mass is 16.3. The van der Waals surface area contributed by atoms with E-state index in [4.69, 9.17) is 4.42 Å². The van der Waals surface area contributed by atoms with Crippen molar-refractivity contribution in [1.29, 1.82) is 0 Å². The molecule has 1 aliphatic rings. The molecule has 2 heterocycles. The molecule has 3 aromatic carbocycles. The molecule has 2 amide bonds. The zero-order valence-electron chi connectivity index (χ0n) is 22.7. The first-order valence-corrected chi connectivity index (χ1v) is 13.4. The second-order valence-electron chi connectivity index (χ2n) is 11.8. The second-order valence-corrected chi connectivity index (χ2v) is 11.8. The molecule has 0 radical (unpaired) electrons. The fourth-order valence-electron chi connectivity index (χ4n) is 5.52. The van der Waals surface area contributed by atoms with E-state index in [9.17, 15) is 9.59 Å². The molecule has 1 unspecified atom stereocenters. The maximum Gasteiger partial charge on any atom is 0.254 e. The summed E-state index contributed by atoms with van der Waals surface area (Å²) in [5.41, 5.74) is 3.70. The first-order valence-electron chi connectivity index (χ1n) is 13.4. The van der Waals surface area contributed by atoms with E-state index in [0.717, 1.165) is 45.5 Å². The largest absolute Gasteiger partial charge is 0.461 e. The van der Waals surface area contributed by atoms with Gasteiger partial charge in [0.1, 0.15) is 11.5 Å². The predicted molar refractivity (Wildman–Crippen MR) is 153 cm³/mol. The number of anilines is 1. The summed E-state index contributed by atoms with van der Waals surface area (Å²) in [5, 5.41) is 5.22. The molecule has 1 atom stereocenters. The molecule has 1 aliphatic heterocycles. The van der Waals surface area contributed by atoms with E-state index in [0.29, 0.717) is 37.4 Å². The van der Waals surface area contributed by atoms with Gasteiger partial charge in [-0.05, 0) is 71.0 Å². The van der Waals surface area contributed by atoms with Crippen LogP contribution in [0.2, 0.25) is 0 Å². The number of fused-ring (bicyclic) bond motifs is 2. The van der Waals surface area contributed by atoms with Gasteiger partial charge in [0.2, 0.25) is 5.91 Å². The maximum absolute atomic E-state index is 13.3. The Balaban J connectivity index is 1.22. The lowest BCUT2D eigenvalue weighted by molar-refractivity contribution is -0.117. The Bertz CT molecular complexity index is 1460. The normalized spacial score (nSPS) is 14.3. The molecule has 0 spiro atoms. The molecule has 196 valence electrons. The first kappa shape index (κ1) is 25.8. The van der Waals surface area contributed by atoms with E-state index in [2.05, 4.69) is 39.1 Å². The van der Waals surface area contributed by atoms with Crippen molar-refractivity contribution in [3.63, 3.8) is 0 Å². The standard InChI is InChI=1S/C33H36N2O3/c1-22(20-33(2,3)4)17-31(36)34-28-13-11-24(12-14-28)30-19-27-21-35(16-15-29(27)38-30)32(37)26-10-9-23-7-5-6-8-25(23)18-26/h5-14,18-19,22H,15-17,20-21H2,1-4H3,(H,34,36). The lowest BCUT2D eigenvalue weighted by Gasteiger charge is -2.26. The summed E-state index contributed by atoms with van der Waals surface area (Å²) in [6.45, 7) is 9.89. The number of amides is 2. The molecule has 0 saturated carbocycles. The van der Waals surface area contributed by atoms with E-state index in [1.54, 1.807) is 0 Å². The summed E-state index contributed by atoms with van der Waals surface area (Å²) in [4.78, 5) is 27.6. The van der Waals surface area contributed by atoms with Gasteiger partial charge in [0.15, 0.2) is 0 Å². The van der Waals surface area contributed by atoms with Crippen molar-refractivity contribution in [2.24, 2.45) is 11.3 Å². The number of rotatable bonds is 6. The smallest absolute Gasteiger partial charge is 0.254 e. The third-order valence-electron chi connectivity index (χ3n) is 7.10. The number of carbonyl (C=O) groups excluding carboxylic acids is 2. The van der Waals surface area contributed by atoms with Gasteiger partial charge in [-0.15, -0.1) is 0 Å². The highest BCUT2D eigenvalue weighted by Gasteiger charge is 2.25. The van der Waals surface area contributed by atoms with E-state index >= 15 is 0 Å². The van der Waals surface area contributed by atoms with Crippen LogP contribution in [0.1, 0.15) is 62.2 Å². The van der Waals surface area contributed by atoms with E-state index in [-0.39, 0.29) is 17.2 Å². The fourth-order valence-corrected chi connectivity index (χ4v) is 5.52. The van der Waals surface area contributed by atoms with Gasteiger partial charge in [0, 0.05) is 48.3 Å². The number of nitrogens with one attached hydrogen (secondary N) is 1. The predicted octanol–water partition coefficient (Wildman–Crippen LogP) is 7.70. The van der Waals surface area contributed by atoms with Gasteiger partial charge in [0.25, 0.3) is 5.91 Å². The molecule has 0 saturated heterocycles. The Morgan fingerprint density at radius 2 is 1.71 bits per heavy atom. The van der Waals surface area contributed by atoms with Crippen LogP contribution in [-0.4, -0.2) is 23.3 Å². The van der Waals surface area contributed by atoms with E-state index in [1.165, 1.54) is 0 Å². The van der Waals surface area contributed by atoms with Crippen molar-refractivity contribution in [2.75, 3.05) is 11.9 Å². The van der Waals surface area contributed by atoms with Gasteiger partial charge in [-0.1, -0.05) is 58.0 Å². The summed E-state index contributed by atoms with van der Waals surface area (Å²) in [5.74, 6) is 2.14. The van der Waals surface area contributed by atoms with Crippen molar-refractivity contribution in [2.45, 2.75) is 53.5 Å². The first-order chi connectivity index (χ1) is 18.1. The van der Waals surface area contributed by atoms with Gasteiger partial charge in [-0.25, -0.2) is 0 Å². The van der Waals surface area contributed by atoms with Crippen molar-refractivity contribution in [3.8, 4) is 11.3 Å². The van der Waals surface area contributed by atoms with Crippen LogP contribution in [0.4, 0.5) is 5.69 Å². The zero-order valence-corrected chi connectivity index (χ0v) is 22.7. The minimum Gasteiger partial charge on any atom is -0.461 e. The summed E-state index contributed by atoms with van der Waals surface area (Å²) in [6, 6.07) is 23.8. The maximum atomic E-state index is 13.3. The van der Waals surface area contributed by atoms with Gasteiger partial charge in [-0.2, -0.15) is 0 Å². The Morgan fingerprint density at radius 1 is 0.974 bits per heavy atom. The molecule has 0 fully saturated rings. The average molecular weight is 509 g/mol. The minimum atomic E-state index is 0.0409. The monoisotopic (exact) mass is 508 g/mol. The minimum absolute atomic E-state index is 0.0409. The molecular weight excluding hydrogens is 472 g/mol. The molecule has 0 bridgehead atoms. The third kappa shape index (κ3) is 5.99. The van der Waals surface area contributed by atoms with Crippen LogP contribution in [0.3, 0.4) is 0 Å². The molecule has 5 rings (SSSR count). The quantitative estimate of drug-likeness (QED) is 0.290. The van der Waals surface area contributed by atoms with Crippen LogP contribution >= 0.6 is 0 Å². The number of hydrogen-bond donors (Lipinski definition) is 1. The SMILES string of the molecule is CC(CC(=O)Nc1ccc(-c2cc3c(o2)CCN(C(=O)c2ccc4ccccc4c2)C3)cc1)CC(C)(C)C. The van der Waals surface area contributed by atoms with E-state index in [1.807, 2.05) is 71.6 Å². The summed E-state index contributed by atoms with van der Waals surface area (Å²) >= 11 is 0. The second kappa shape index (κ2) is 10.5. The van der Waals surface area contributed by atoms with Crippen LogP contribution < -0.4 is 5.32 Å². The van der Waals surface area contributed by atoms with Gasteiger partial charge < -0.3 is 14.6 Å². The lowest BCUT2D eigenvalue weighted by atomic mass is 9.84. The Kier molecular flexibility index (Phi) is 7.11. The molecule has 1 aromatic heterocycles. The van der Waals surface area contributed by atoms with E-state index < -0.39 is 0 Å². The summed E-state index contributed by atoms with van der Waals surface area (Å²) in [7, 11) is 0. The lowest BCUT2D eigenvalue weighted by Crippen LogP contribution is -2.35. The Hall–Kier alpha value is -3.86. The van der Waals surface area contributed by atoms with Crippen LogP contribution in [0.15, 0.2) is 77.2 Å². The van der Waals surface area contributed by atoms with Gasteiger partial charge in [0.05, 0.1) is 0 Å². The number of furan rings is 1. The molecule has 0 aliphatic carbocycles. The van der Waals surface area contributed by atoms with Crippen molar-refractivity contribution < 1.29 is 14.0 Å². The third-order valence-corrected chi connectivity index (χ3v) is 7.10. The van der Waals surface area contributed by atoms with Gasteiger partial charge in [-0.3, -0.25) is 9.59 Å². The highest BCUT2D eigenvalue weighted by molar-refractivity contribution is 5.98. The number of hydrogen-bond acceptors (Lipinski definition) is 3. The summed E-state index contributed by atoms with van der Waals surface area (Å²) in [6.07, 6.45) is 2.21. The number of carbonyl (C=O) groups is 2. The average Bonchev–Trinajstić information content (AvgIpc) is 3.30. The van der Waals surface area contributed by atoms with Crippen molar-refractivity contribution in [3.05, 3.63) is 89.7 Å². The number of nitrogens with zero attached hydrogens (tertiary/aromatic N) is 1. The molecule has 5 nitrogen and oxygen atoms in total. The van der Waals surface area contributed by atoms with Crippen molar-refractivity contribution in [1.82, 2.24) is 4.90 Å². The van der Waals surface area contributed by atoms with Crippen LogP contribution in [0.5, 0.6) is 0 Å². The van der Waals surface area contributed by atoms with Crippen molar-refractivity contribution >= 4 is 28.3 Å². The zero-order chi connectivity index (χ0) is 26.9. The Morgan fingerprint density at radius 3 is 2.45 bits per heavy atom. The fraction of sp³-hybridized carbons (Fsp3) is 0.333. The molecule has 38 heavy (non-hydrogen) atoms. The topological polar surface area (TPSA) is 62.6 Å². The molecular formula is C33H36N2O3. The van der Waals surface area contributed by atoms with Crippen LogP contribution in [0, 0.1) is 11.3 Å². The van der Waals surface area contributed by atoms with Gasteiger partial charge >= 0.3 is 0 Å². The van der Waals surface area contributed by atoms with Crippen LogP contribution in [0.25, 0.3) is 22.1 Å². The molecule has 1 N–H and O–H groups in total. The van der Waals surface area contributed by atoms with Crippen LogP contribution in [-0.2, 0) is 17.8 Å². The highest BCUT2D eigenvalue weighted by Crippen LogP contribution is 2.31. The summed E-state index contributed by atoms with van der Waals surface area (Å²) < 4.78 is 6.18. The number of benzene rings is 3. The molecule has 5 heteroatoms. The molecule has 4 aromatic rings. The Labute approximate surface area is 224 Å².